The molecule has 9 heteroatoms. The van der Waals surface area contributed by atoms with E-state index in [4.69, 9.17) is 10.3 Å². The minimum atomic E-state index is 0.485. The Hall–Kier alpha value is -1.48. The van der Waals surface area contributed by atoms with Gasteiger partial charge in [-0.1, -0.05) is 16.9 Å². The first-order valence-electron chi connectivity index (χ1n) is 5.78. The molecule has 1 saturated carbocycles. The van der Waals surface area contributed by atoms with Crippen molar-refractivity contribution in [2.24, 2.45) is 5.73 Å². The predicted molar refractivity (Wildman–Crippen MR) is 62.7 cm³/mol. The molecule has 2 aromatic heterocycles. The number of aromatic nitrogens is 6. The second-order valence-corrected chi connectivity index (χ2v) is 5.03. The molecule has 0 radical (unpaired) electrons. The Morgan fingerprint density at radius 2 is 2.33 bits per heavy atom. The highest BCUT2D eigenvalue weighted by Crippen LogP contribution is 2.39. The zero-order chi connectivity index (χ0) is 12.4. The van der Waals surface area contributed by atoms with Crippen LogP contribution in [0.15, 0.2) is 9.68 Å². The largest absolute Gasteiger partial charge is 0.339 e. The third kappa shape index (κ3) is 2.51. The average molecular weight is 267 g/mol. The third-order valence-corrected chi connectivity index (χ3v) is 3.53. The van der Waals surface area contributed by atoms with Gasteiger partial charge in [0, 0.05) is 12.5 Å². The second kappa shape index (κ2) is 5.02. The summed E-state index contributed by atoms with van der Waals surface area (Å²) in [5.41, 5.74) is 5.47. The fourth-order valence-electron chi connectivity index (χ4n) is 1.51. The Kier molecular flexibility index (Phi) is 3.24. The van der Waals surface area contributed by atoms with Crippen LogP contribution in [0.4, 0.5) is 0 Å². The summed E-state index contributed by atoms with van der Waals surface area (Å²) >= 11 is 1.48. The van der Waals surface area contributed by atoms with Gasteiger partial charge in [0.15, 0.2) is 5.82 Å². The van der Waals surface area contributed by atoms with Crippen LogP contribution in [0.5, 0.6) is 0 Å². The van der Waals surface area contributed by atoms with E-state index < -0.39 is 0 Å². The third-order valence-electron chi connectivity index (χ3n) is 2.58. The average Bonchev–Trinajstić information content (AvgIpc) is 2.96. The van der Waals surface area contributed by atoms with Gasteiger partial charge in [-0.05, 0) is 23.3 Å². The van der Waals surface area contributed by atoms with Crippen LogP contribution in [0, 0.1) is 0 Å². The Balaban J connectivity index is 1.60. The van der Waals surface area contributed by atoms with Crippen LogP contribution in [0.1, 0.15) is 30.5 Å². The molecular weight excluding hydrogens is 254 g/mol. The minimum Gasteiger partial charge on any atom is -0.339 e. The molecular formula is C9H13N7OS. The molecule has 0 saturated heterocycles. The van der Waals surface area contributed by atoms with Gasteiger partial charge in [0.1, 0.15) is 0 Å². The lowest BCUT2D eigenvalue weighted by molar-refractivity contribution is 0.375. The summed E-state index contributed by atoms with van der Waals surface area (Å²) in [6.45, 7) is 1.11. The molecule has 8 nitrogen and oxygen atoms in total. The van der Waals surface area contributed by atoms with Gasteiger partial charge in [0.2, 0.25) is 11.0 Å². The van der Waals surface area contributed by atoms with Gasteiger partial charge in [-0.2, -0.15) is 4.98 Å². The quantitative estimate of drug-likeness (QED) is 0.738. The zero-order valence-corrected chi connectivity index (χ0v) is 10.5. The molecule has 1 fully saturated rings. The standard InChI is InChI=1S/C9H13N7OS/c10-3-4-16-9(12-14-15-16)18-5-7-11-8(17-13-7)6-1-2-6/h6H,1-5,10H2. The normalized spacial score (nSPS) is 15.2. The van der Waals surface area contributed by atoms with Crippen LogP contribution in [0.3, 0.4) is 0 Å². The Bertz CT molecular complexity index is 520. The highest BCUT2D eigenvalue weighted by Gasteiger charge is 2.29. The minimum absolute atomic E-state index is 0.485. The van der Waals surface area contributed by atoms with Gasteiger partial charge >= 0.3 is 0 Å². The fourth-order valence-corrected chi connectivity index (χ4v) is 2.26. The first-order valence-corrected chi connectivity index (χ1v) is 6.77. The van der Waals surface area contributed by atoms with Crippen LogP contribution < -0.4 is 5.73 Å². The van der Waals surface area contributed by atoms with Crippen molar-refractivity contribution in [3.63, 3.8) is 0 Å². The summed E-state index contributed by atoms with van der Waals surface area (Å²) in [7, 11) is 0. The van der Waals surface area contributed by atoms with Crippen LogP contribution in [-0.2, 0) is 12.3 Å². The van der Waals surface area contributed by atoms with Gasteiger partial charge in [-0.25, -0.2) is 4.68 Å². The molecule has 1 aliphatic carbocycles. The van der Waals surface area contributed by atoms with Gasteiger partial charge < -0.3 is 10.3 Å². The molecule has 0 amide bonds. The number of hydrogen-bond donors (Lipinski definition) is 1. The Labute approximate surface area is 107 Å². The lowest BCUT2D eigenvalue weighted by Gasteiger charge is -1.99. The molecule has 3 rings (SSSR count). The predicted octanol–water partition coefficient (Wildman–Crippen LogP) is 0.184. The van der Waals surface area contributed by atoms with E-state index in [1.54, 1.807) is 4.68 Å². The van der Waals surface area contributed by atoms with Crippen molar-refractivity contribution in [3.05, 3.63) is 11.7 Å². The highest BCUT2D eigenvalue weighted by molar-refractivity contribution is 7.98. The highest BCUT2D eigenvalue weighted by atomic mass is 32.2. The lowest BCUT2D eigenvalue weighted by atomic mass is 10.4. The molecule has 2 heterocycles. The zero-order valence-electron chi connectivity index (χ0n) is 9.69. The SMILES string of the molecule is NCCn1nnnc1SCc1noc(C2CC2)n1. The first kappa shape index (κ1) is 11.6. The summed E-state index contributed by atoms with van der Waals surface area (Å²) in [5, 5.41) is 16.1. The number of tetrazole rings is 1. The van der Waals surface area contributed by atoms with Crippen molar-refractivity contribution in [3.8, 4) is 0 Å². The number of nitrogens with two attached hydrogens (primary N) is 1. The van der Waals surface area contributed by atoms with Crippen molar-refractivity contribution in [2.75, 3.05) is 6.54 Å². The second-order valence-electron chi connectivity index (χ2n) is 4.09. The Morgan fingerprint density at radius 3 is 3.11 bits per heavy atom. The number of thioether (sulfide) groups is 1. The summed E-state index contributed by atoms with van der Waals surface area (Å²) in [5.74, 6) is 2.52. The Morgan fingerprint density at radius 1 is 1.44 bits per heavy atom. The van der Waals surface area contributed by atoms with E-state index in [-0.39, 0.29) is 0 Å². The molecule has 0 unspecified atom stereocenters. The van der Waals surface area contributed by atoms with E-state index >= 15 is 0 Å². The summed E-state index contributed by atoms with van der Waals surface area (Å²) in [6.07, 6.45) is 2.31. The van der Waals surface area contributed by atoms with Crippen molar-refractivity contribution in [1.82, 2.24) is 30.3 Å². The van der Waals surface area contributed by atoms with Crippen LogP contribution >= 0.6 is 11.8 Å². The number of nitrogens with zero attached hydrogens (tertiary/aromatic N) is 6. The van der Waals surface area contributed by atoms with Gasteiger partial charge in [0.25, 0.3) is 0 Å². The molecule has 0 spiro atoms. The summed E-state index contributed by atoms with van der Waals surface area (Å²) < 4.78 is 6.86. The van der Waals surface area contributed by atoms with Gasteiger partial charge in [-0.3, -0.25) is 0 Å². The van der Waals surface area contributed by atoms with Crippen LogP contribution in [0.2, 0.25) is 0 Å². The molecule has 1 aliphatic rings. The monoisotopic (exact) mass is 267 g/mol. The van der Waals surface area contributed by atoms with E-state index in [9.17, 15) is 0 Å². The fraction of sp³-hybridized carbons (Fsp3) is 0.667. The van der Waals surface area contributed by atoms with Crippen molar-refractivity contribution >= 4 is 11.8 Å². The molecule has 18 heavy (non-hydrogen) atoms. The maximum Gasteiger partial charge on any atom is 0.229 e. The van der Waals surface area contributed by atoms with Crippen molar-refractivity contribution < 1.29 is 4.52 Å². The van der Waals surface area contributed by atoms with Gasteiger partial charge in [-0.15, -0.1) is 5.10 Å². The molecule has 0 atom stereocenters. The van der Waals surface area contributed by atoms with E-state index in [1.165, 1.54) is 11.8 Å². The van der Waals surface area contributed by atoms with Crippen LogP contribution in [0.25, 0.3) is 0 Å². The summed E-state index contributed by atoms with van der Waals surface area (Å²) in [4.78, 5) is 4.35. The van der Waals surface area contributed by atoms with Crippen LogP contribution in [-0.4, -0.2) is 36.9 Å². The van der Waals surface area contributed by atoms with E-state index in [1.807, 2.05) is 0 Å². The first-order chi connectivity index (χ1) is 8.86. The van der Waals surface area contributed by atoms with E-state index in [0.717, 1.165) is 23.9 Å². The van der Waals surface area contributed by atoms with Crippen molar-refractivity contribution in [1.29, 1.82) is 0 Å². The van der Waals surface area contributed by atoms with Crippen molar-refractivity contribution in [2.45, 2.75) is 36.2 Å². The molecule has 0 bridgehead atoms. The molecule has 2 aromatic rings. The number of hydrogen-bond acceptors (Lipinski definition) is 8. The smallest absolute Gasteiger partial charge is 0.229 e. The summed E-state index contributed by atoms with van der Waals surface area (Å²) in [6, 6.07) is 0. The number of rotatable bonds is 6. The molecule has 0 aromatic carbocycles. The van der Waals surface area contributed by atoms with Gasteiger partial charge in [0.05, 0.1) is 12.3 Å². The molecule has 96 valence electrons. The van der Waals surface area contributed by atoms with E-state index in [2.05, 4.69) is 25.7 Å². The maximum absolute atomic E-state index is 5.47. The molecule has 2 N–H and O–H groups in total. The topological polar surface area (TPSA) is 109 Å². The lowest BCUT2D eigenvalue weighted by Crippen LogP contribution is -2.12. The molecule has 0 aliphatic heterocycles. The van der Waals surface area contributed by atoms with E-state index in [0.29, 0.717) is 30.6 Å². The maximum atomic E-state index is 5.47.